The van der Waals surface area contributed by atoms with E-state index in [0.717, 1.165) is 25.2 Å². The average Bonchev–Trinajstić information content (AvgIpc) is 2.72. The second kappa shape index (κ2) is 4.55. The van der Waals surface area contributed by atoms with E-state index in [-0.39, 0.29) is 6.61 Å². The van der Waals surface area contributed by atoms with Crippen LogP contribution in [0, 0.1) is 0 Å². The molecule has 1 heterocycles. The molecule has 76 valence electrons. The van der Waals surface area contributed by atoms with Crippen molar-refractivity contribution in [3.8, 4) is 0 Å². The van der Waals surface area contributed by atoms with Crippen molar-refractivity contribution in [2.75, 3.05) is 13.1 Å². The molecule has 0 amide bonds. The third-order valence-corrected chi connectivity index (χ3v) is 2.52. The van der Waals surface area contributed by atoms with E-state index in [4.69, 9.17) is 5.11 Å². The summed E-state index contributed by atoms with van der Waals surface area (Å²) in [5.41, 5.74) is 5.58. The molecule has 1 aromatic carbocycles. The zero-order valence-electron chi connectivity index (χ0n) is 8.24. The zero-order chi connectivity index (χ0) is 9.80. The van der Waals surface area contributed by atoms with Gasteiger partial charge in [0.1, 0.15) is 0 Å². The maximum Gasteiger partial charge on any atom is 0.0681 e. The van der Waals surface area contributed by atoms with Crippen LogP contribution in [0.15, 0.2) is 24.3 Å². The van der Waals surface area contributed by atoms with E-state index in [2.05, 4.69) is 22.6 Å². The van der Waals surface area contributed by atoms with Gasteiger partial charge in [-0.2, -0.15) is 0 Å². The van der Waals surface area contributed by atoms with Crippen LogP contribution in [0.2, 0.25) is 0 Å². The number of hydrazine groups is 1. The molecule has 0 radical (unpaired) electrons. The van der Waals surface area contributed by atoms with Gasteiger partial charge in [0.2, 0.25) is 0 Å². The summed E-state index contributed by atoms with van der Waals surface area (Å²) in [5.74, 6) is 0. The summed E-state index contributed by atoms with van der Waals surface area (Å²) in [6.45, 7) is 3.30. The average molecular weight is 192 g/mol. The first-order chi connectivity index (χ1) is 6.88. The van der Waals surface area contributed by atoms with Gasteiger partial charge >= 0.3 is 0 Å². The van der Waals surface area contributed by atoms with Gasteiger partial charge in [-0.05, 0) is 17.5 Å². The Balaban J connectivity index is 1.95. The van der Waals surface area contributed by atoms with Gasteiger partial charge in [0.05, 0.1) is 6.61 Å². The highest BCUT2D eigenvalue weighted by molar-refractivity contribution is 5.21. The lowest BCUT2D eigenvalue weighted by molar-refractivity contribution is 0.244. The lowest BCUT2D eigenvalue weighted by Crippen LogP contribution is -2.29. The van der Waals surface area contributed by atoms with Crippen molar-refractivity contribution in [3.05, 3.63) is 35.4 Å². The molecule has 1 saturated heterocycles. The third kappa shape index (κ3) is 2.32. The third-order valence-electron chi connectivity index (χ3n) is 2.52. The monoisotopic (exact) mass is 192 g/mol. The molecule has 14 heavy (non-hydrogen) atoms. The van der Waals surface area contributed by atoms with Crippen LogP contribution in [0.1, 0.15) is 17.5 Å². The van der Waals surface area contributed by atoms with Gasteiger partial charge in [-0.3, -0.25) is 5.43 Å². The number of rotatable bonds is 3. The van der Waals surface area contributed by atoms with Crippen LogP contribution in [0.5, 0.6) is 0 Å². The van der Waals surface area contributed by atoms with Crippen molar-refractivity contribution < 1.29 is 5.11 Å². The molecule has 3 heteroatoms. The van der Waals surface area contributed by atoms with E-state index in [1.807, 2.05) is 12.1 Å². The minimum atomic E-state index is 0.127. The first-order valence-electron chi connectivity index (χ1n) is 5.05. The number of hydrogen-bond donors (Lipinski definition) is 2. The van der Waals surface area contributed by atoms with Crippen LogP contribution in [0.25, 0.3) is 0 Å². The number of aliphatic hydroxyl groups is 1. The zero-order valence-corrected chi connectivity index (χ0v) is 8.24. The maximum absolute atomic E-state index is 8.89. The van der Waals surface area contributed by atoms with Crippen LogP contribution in [0.3, 0.4) is 0 Å². The predicted molar refractivity (Wildman–Crippen MR) is 55.4 cm³/mol. The van der Waals surface area contributed by atoms with Crippen molar-refractivity contribution in [2.24, 2.45) is 0 Å². The van der Waals surface area contributed by atoms with E-state index in [0.29, 0.717) is 0 Å². The fourth-order valence-corrected chi connectivity index (χ4v) is 1.69. The minimum Gasteiger partial charge on any atom is -0.392 e. The molecule has 2 N–H and O–H groups in total. The molecule has 0 spiro atoms. The Hall–Kier alpha value is -0.900. The van der Waals surface area contributed by atoms with E-state index in [1.54, 1.807) is 0 Å². The molecular formula is C11H16N2O. The topological polar surface area (TPSA) is 35.5 Å². The lowest BCUT2D eigenvalue weighted by atomic mass is 10.1. The molecule has 0 aliphatic carbocycles. The number of nitrogens with one attached hydrogen (secondary N) is 1. The second-order valence-electron chi connectivity index (χ2n) is 3.66. The summed E-state index contributed by atoms with van der Waals surface area (Å²) in [5, 5.41) is 11.1. The molecule has 1 aromatic rings. The molecule has 1 fully saturated rings. The maximum atomic E-state index is 8.89. The molecule has 1 aliphatic rings. The van der Waals surface area contributed by atoms with Crippen molar-refractivity contribution in [1.82, 2.24) is 10.4 Å². The van der Waals surface area contributed by atoms with Gasteiger partial charge < -0.3 is 5.11 Å². The highest BCUT2D eigenvalue weighted by Gasteiger charge is 2.10. The first-order valence-corrected chi connectivity index (χ1v) is 5.05. The van der Waals surface area contributed by atoms with Gasteiger partial charge in [-0.25, -0.2) is 5.01 Å². The fourth-order valence-electron chi connectivity index (χ4n) is 1.69. The Kier molecular flexibility index (Phi) is 3.14. The van der Waals surface area contributed by atoms with Crippen molar-refractivity contribution in [2.45, 2.75) is 19.6 Å². The van der Waals surface area contributed by atoms with E-state index in [1.165, 1.54) is 12.0 Å². The Labute approximate surface area is 84.3 Å². The molecule has 1 aliphatic heterocycles. The van der Waals surface area contributed by atoms with Crippen LogP contribution in [0.4, 0.5) is 0 Å². The number of benzene rings is 1. The molecule has 0 aromatic heterocycles. The lowest BCUT2D eigenvalue weighted by Gasteiger charge is -2.14. The molecule has 2 rings (SSSR count). The quantitative estimate of drug-likeness (QED) is 0.746. The fraction of sp³-hybridized carbons (Fsp3) is 0.455. The standard InChI is InChI=1S/C11H16N2O/c14-9-11-4-2-10(3-5-11)8-13-7-1-6-12-13/h2-5,12,14H,1,6-9H2. The van der Waals surface area contributed by atoms with Gasteiger partial charge in [0, 0.05) is 19.6 Å². The van der Waals surface area contributed by atoms with Gasteiger partial charge in [0.15, 0.2) is 0 Å². The summed E-state index contributed by atoms with van der Waals surface area (Å²) in [6.07, 6.45) is 1.23. The molecule has 0 atom stereocenters. The normalized spacial score (nSPS) is 17.5. The van der Waals surface area contributed by atoms with E-state index >= 15 is 0 Å². The van der Waals surface area contributed by atoms with Crippen molar-refractivity contribution in [3.63, 3.8) is 0 Å². The summed E-state index contributed by atoms with van der Waals surface area (Å²) in [6, 6.07) is 8.11. The summed E-state index contributed by atoms with van der Waals surface area (Å²) >= 11 is 0. The first kappa shape index (κ1) is 9.65. The summed E-state index contributed by atoms with van der Waals surface area (Å²) in [7, 11) is 0. The van der Waals surface area contributed by atoms with Crippen LogP contribution >= 0.6 is 0 Å². The highest BCUT2D eigenvalue weighted by Crippen LogP contribution is 2.08. The molecule has 0 saturated carbocycles. The Morgan fingerprint density at radius 1 is 1.21 bits per heavy atom. The van der Waals surface area contributed by atoms with Crippen LogP contribution < -0.4 is 5.43 Å². The van der Waals surface area contributed by atoms with Gasteiger partial charge in [0.25, 0.3) is 0 Å². The smallest absolute Gasteiger partial charge is 0.0681 e. The highest BCUT2D eigenvalue weighted by atomic mass is 16.3. The Morgan fingerprint density at radius 3 is 2.50 bits per heavy atom. The Morgan fingerprint density at radius 2 is 1.93 bits per heavy atom. The van der Waals surface area contributed by atoms with E-state index < -0.39 is 0 Å². The SMILES string of the molecule is OCc1ccc(CN2CCCN2)cc1. The predicted octanol–water partition coefficient (Wildman–Crippen LogP) is 0.889. The summed E-state index contributed by atoms with van der Waals surface area (Å²) < 4.78 is 0. The number of aliphatic hydroxyl groups excluding tert-OH is 1. The molecule has 3 nitrogen and oxygen atoms in total. The minimum absolute atomic E-state index is 0.127. The van der Waals surface area contributed by atoms with Crippen molar-refractivity contribution in [1.29, 1.82) is 0 Å². The largest absolute Gasteiger partial charge is 0.392 e. The number of nitrogens with zero attached hydrogens (tertiary/aromatic N) is 1. The second-order valence-corrected chi connectivity index (χ2v) is 3.66. The molecule has 0 unspecified atom stereocenters. The van der Waals surface area contributed by atoms with Crippen LogP contribution in [-0.4, -0.2) is 23.2 Å². The molecular weight excluding hydrogens is 176 g/mol. The van der Waals surface area contributed by atoms with E-state index in [9.17, 15) is 0 Å². The van der Waals surface area contributed by atoms with Gasteiger partial charge in [-0.15, -0.1) is 0 Å². The number of hydrogen-bond acceptors (Lipinski definition) is 3. The summed E-state index contributed by atoms with van der Waals surface area (Å²) in [4.78, 5) is 0. The van der Waals surface area contributed by atoms with Crippen LogP contribution in [-0.2, 0) is 13.2 Å². The molecule has 0 bridgehead atoms. The Bertz CT molecular complexity index is 278. The van der Waals surface area contributed by atoms with Gasteiger partial charge in [-0.1, -0.05) is 24.3 Å². The van der Waals surface area contributed by atoms with Crippen molar-refractivity contribution >= 4 is 0 Å².